The monoisotopic (exact) mass is 281 g/mol. The molecule has 20 heavy (non-hydrogen) atoms. The van der Waals surface area contributed by atoms with Crippen LogP contribution in [0.25, 0.3) is 0 Å². The lowest BCUT2D eigenvalue weighted by Gasteiger charge is -2.27. The van der Waals surface area contributed by atoms with Crippen molar-refractivity contribution in [3.8, 4) is 0 Å². The molecule has 0 radical (unpaired) electrons. The van der Waals surface area contributed by atoms with E-state index in [0.717, 1.165) is 5.56 Å². The molecule has 5 heteroatoms. The molecule has 0 saturated heterocycles. The topological polar surface area (TPSA) is 58.4 Å². The molecule has 0 fully saturated rings. The Labute approximate surface area is 120 Å². The van der Waals surface area contributed by atoms with Crippen molar-refractivity contribution in [2.75, 3.05) is 13.6 Å². The molecule has 0 aliphatic rings. The molecule has 1 amide bonds. The summed E-state index contributed by atoms with van der Waals surface area (Å²) in [5, 5.41) is 2.85. The summed E-state index contributed by atoms with van der Waals surface area (Å²) < 4.78 is 13.1. The molecule has 1 aromatic rings. The van der Waals surface area contributed by atoms with Gasteiger partial charge in [0.15, 0.2) is 0 Å². The SMILES string of the molecule is CC(C)NC(=O)CC(CN)N(C)Cc1cccc(F)c1. The average molecular weight is 281 g/mol. The Balaban J connectivity index is 2.58. The van der Waals surface area contributed by atoms with Crippen molar-refractivity contribution in [1.82, 2.24) is 10.2 Å². The van der Waals surface area contributed by atoms with E-state index in [1.807, 2.05) is 31.9 Å². The number of likely N-dealkylation sites (N-methyl/N-ethyl adjacent to an activating group) is 1. The van der Waals surface area contributed by atoms with E-state index >= 15 is 0 Å². The molecule has 0 saturated carbocycles. The highest BCUT2D eigenvalue weighted by atomic mass is 19.1. The summed E-state index contributed by atoms with van der Waals surface area (Å²) >= 11 is 0. The van der Waals surface area contributed by atoms with Crippen LogP contribution in [0.3, 0.4) is 0 Å². The second kappa shape index (κ2) is 7.97. The fourth-order valence-electron chi connectivity index (χ4n) is 2.07. The molecular weight excluding hydrogens is 257 g/mol. The summed E-state index contributed by atoms with van der Waals surface area (Å²) in [5.74, 6) is -0.265. The van der Waals surface area contributed by atoms with Crippen LogP contribution in [-0.2, 0) is 11.3 Å². The van der Waals surface area contributed by atoms with Crippen LogP contribution in [0.4, 0.5) is 4.39 Å². The molecule has 0 heterocycles. The molecule has 0 aliphatic heterocycles. The number of amides is 1. The predicted molar refractivity (Wildman–Crippen MR) is 78.6 cm³/mol. The largest absolute Gasteiger partial charge is 0.354 e. The minimum atomic E-state index is -0.252. The number of rotatable bonds is 7. The maximum Gasteiger partial charge on any atom is 0.221 e. The lowest BCUT2D eigenvalue weighted by atomic mass is 10.1. The van der Waals surface area contributed by atoms with E-state index in [0.29, 0.717) is 19.5 Å². The summed E-state index contributed by atoms with van der Waals surface area (Å²) in [5.41, 5.74) is 6.61. The first-order valence-corrected chi connectivity index (χ1v) is 6.86. The maximum absolute atomic E-state index is 13.1. The molecule has 3 N–H and O–H groups in total. The van der Waals surface area contributed by atoms with Gasteiger partial charge in [-0.05, 0) is 38.6 Å². The van der Waals surface area contributed by atoms with Crippen LogP contribution >= 0.6 is 0 Å². The summed E-state index contributed by atoms with van der Waals surface area (Å²) in [6, 6.07) is 6.52. The summed E-state index contributed by atoms with van der Waals surface area (Å²) in [6.45, 7) is 4.80. The van der Waals surface area contributed by atoms with Gasteiger partial charge in [0.05, 0.1) is 0 Å². The lowest BCUT2D eigenvalue weighted by Crippen LogP contribution is -2.42. The molecule has 1 aromatic carbocycles. The number of nitrogens with zero attached hydrogens (tertiary/aromatic N) is 1. The number of benzene rings is 1. The quantitative estimate of drug-likeness (QED) is 0.796. The highest BCUT2D eigenvalue weighted by Gasteiger charge is 2.17. The first kappa shape index (κ1) is 16.6. The maximum atomic E-state index is 13.1. The number of carbonyl (C=O) groups is 1. The standard InChI is InChI=1S/C15H24FN3O/c1-11(2)18-15(20)8-14(9-17)19(3)10-12-5-4-6-13(16)7-12/h4-7,11,14H,8-10,17H2,1-3H3,(H,18,20). The van der Waals surface area contributed by atoms with Gasteiger partial charge in [0.2, 0.25) is 5.91 Å². The summed E-state index contributed by atoms with van der Waals surface area (Å²) in [4.78, 5) is 13.8. The molecule has 1 atom stereocenters. The van der Waals surface area contributed by atoms with Crippen molar-refractivity contribution in [3.63, 3.8) is 0 Å². The first-order chi connectivity index (χ1) is 9.42. The Bertz CT molecular complexity index is 437. The highest BCUT2D eigenvalue weighted by molar-refractivity contribution is 5.76. The Morgan fingerprint density at radius 2 is 2.15 bits per heavy atom. The van der Waals surface area contributed by atoms with E-state index in [1.54, 1.807) is 6.07 Å². The number of nitrogens with one attached hydrogen (secondary N) is 1. The molecule has 0 spiro atoms. The zero-order chi connectivity index (χ0) is 15.1. The van der Waals surface area contributed by atoms with Gasteiger partial charge in [0, 0.05) is 31.6 Å². The molecule has 0 aromatic heterocycles. The minimum absolute atomic E-state index is 0.0125. The number of hydrogen-bond acceptors (Lipinski definition) is 3. The third kappa shape index (κ3) is 5.67. The summed E-state index contributed by atoms with van der Waals surface area (Å²) in [6.07, 6.45) is 0.348. The van der Waals surface area contributed by atoms with E-state index in [9.17, 15) is 9.18 Å². The zero-order valence-electron chi connectivity index (χ0n) is 12.4. The van der Waals surface area contributed by atoms with Crippen LogP contribution in [0.1, 0.15) is 25.8 Å². The van der Waals surface area contributed by atoms with E-state index in [1.165, 1.54) is 12.1 Å². The van der Waals surface area contributed by atoms with Crippen LogP contribution in [0, 0.1) is 5.82 Å². The van der Waals surface area contributed by atoms with Gasteiger partial charge in [-0.2, -0.15) is 0 Å². The van der Waals surface area contributed by atoms with E-state index in [4.69, 9.17) is 5.73 Å². The number of hydrogen-bond donors (Lipinski definition) is 2. The van der Waals surface area contributed by atoms with Crippen LogP contribution < -0.4 is 11.1 Å². The van der Waals surface area contributed by atoms with Crippen LogP contribution in [-0.4, -0.2) is 36.5 Å². The smallest absolute Gasteiger partial charge is 0.221 e. The van der Waals surface area contributed by atoms with E-state index in [2.05, 4.69) is 5.32 Å². The van der Waals surface area contributed by atoms with Gasteiger partial charge in [0.1, 0.15) is 5.82 Å². The van der Waals surface area contributed by atoms with E-state index < -0.39 is 0 Å². The average Bonchev–Trinajstić information content (AvgIpc) is 2.34. The highest BCUT2D eigenvalue weighted by Crippen LogP contribution is 2.10. The van der Waals surface area contributed by atoms with Crippen molar-refractivity contribution in [3.05, 3.63) is 35.6 Å². The van der Waals surface area contributed by atoms with Gasteiger partial charge >= 0.3 is 0 Å². The second-order valence-electron chi connectivity index (χ2n) is 5.36. The summed E-state index contributed by atoms with van der Waals surface area (Å²) in [7, 11) is 1.89. The number of nitrogens with two attached hydrogens (primary N) is 1. The van der Waals surface area contributed by atoms with Crippen LogP contribution in [0.2, 0.25) is 0 Å². The van der Waals surface area contributed by atoms with Crippen molar-refractivity contribution in [2.24, 2.45) is 5.73 Å². The van der Waals surface area contributed by atoms with Gasteiger partial charge in [-0.25, -0.2) is 4.39 Å². The van der Waals surface area contributed by atoms with Gasteiger partial charge in [-0.15, -0.1) is 0 Å². The molecule has 1 rings (SSSR count). The van der Waals surface area contributed by atoms with Crippen LogP contribution in [0.5, 0.6) is 0 Å². The van der Waals surface area contributed by atoms with Gasteiger partial charge in [-0.3, -0.25) is 9.69 Å². The molecule has 0 aliphatic carbocycles. The van der Waals surface area contributed by atoms with Gasteiger partial charge in [0.25, 0.3) is 0 Å². The van der Waals surface area contributed by atoms with E-state index in [-0.39, 0.29) is 23.8 Å². The molecular formula is C15H24FN3O. The fourth-order valence-corrected chi connectivity index (χ4v) is 2.07. The van der Waals surface area contributed by atoms with Crippen molar-refractivity contribution < 1.29 is 9.18 Å². The molecule has 0 bridgehead atoms. The third-order valence-corrected chi connectivity index (χ3v) is 3.09. The van der Waals surface area contributed by atoms with Gasteiger partial charge < -0.3 is 11.1 Å². The van der Waals surface area contributed by atoms with Gasteiger partial charge in [-0.1, -0.05) is 12.1 Å². The molecule has 1 unspecified atom stereocenters. The Kier molecular flexibility index (Phi) is 6.61. The third-order valence-electron chi connectivity index (χ3n) is 3.09. The normalized spacial score (nSPS) is 12.8. The minimum Gasteiger partial charge on any atom is -0.354 e. The fraction of sp³-hybridized carbons (Fsp3) is 0.533. The zero-order valence-corrected chi connectivity index (χ0v) is 12.4. The van der Waals surface area contributed by atoms with Crippen molar-refractivity contribution in [2.45, 2.75) is 38.9 Å². The van der Waals surface area contributed by atoms with Crippen molar-refractivity contribution in [1.29, 1.82) is 0 Å². The Morgan fingerprint density at radius 3 is 2.70 bits per heavy atom. The number of halogens is 1. The molecule has 112 valence electrons. The lowest BCUT2D eigenvalue weighted by molar-refractivity contribution is -0.122. The Hall–Kier alpha value is -1.46. The predicted octanol–water partition coefficient (Wildman–Crippen LogP) is 1.50. The first-order valence-electron chi connectivity index (χ1n) is 6.86. The molecule has 4 nitrogen and oxygen atoms in total. The second-order valence-corrected chi connectivity index (χ2v) is 5.36. The van der Waals surface area contributed by atoms with Crippen molar-refractivity contribution >= 4 is 5.91 Å². The number of carbonyl (C=O) groups excluding carboxylic acids is 1. The Morgan fingerprint density at radius 1 is 1.45 bits per heavy atom. The van der Waals surface area contributed by atoms with Crippen LogP contribution in [0.15, 0.2) is 24.3 Å².